The summed E-state index contributed by atoms with van der Waals surface area (Å²) in [4.78, 5) is 58.8. The van der Waals surface area contributed by atoms with Gasteiger partial charge in [-0.05, 0) is 24.3 Å². The number of piperazine rings is 2. The maximum atomic E-state index is 14.3. The third kappa shape index (κ3) is 5.05. The van der Waals surface area contributed by atoms with Crippen molar-refractivity contribution in [1.29, 1.82) is 0 Å². The quantitative estimate of drug-likeness (QED) is 0.301. The van der Waals surface area contributed by atoms with Gasteiger partial charge >= 0.3 is 0 Å². The number of hydrogen-bond acceptors (Lipinski definition) is 10. The van der Waals surface area contributed by atoms with Gasteiger partial charge in [0.15, 0.2) is 0 Å². The number of para-hydroxylation sites is 2. The number of aromatic nitrogens is 4. The van der Waals surface area contributed by atoms with Crippen LogP contribution in [0.3, 0.4) is 0 Å². The van der Waals surface area contributed by atoms with Crippen LogP contribution < -0.4 is 19.6 Å². The van der Waals surface area contributed by atoms with Gasteiger partial charge in [0.2, 0.25) is 11.9 Å². The van der Waals surface area contributed by atoms with Crippen molar-refractivity contribution in [1.82, 2.24) is 29.7 Å². The largest absolute Gasteiger partial charge is 0.338 e. The summed E-state index contributed by atoms with van der Waals surface area (Å²) in [6.45, 7) is 7.08. The molecule has 4 aliphatic rings. The molecular formula is C34H34N10O2. The normalized spacial score (nSPS) is 20.4. The standard InChI is InChI=1S/C34H34N10O2/c45-31-29(25-7-1-3-9-27(25)43(31)23-39-15-19-41(20-16-39)33-35-11-5-12-36-33)30-26-8-2-4-10-28(26)44(32(30)46)24-40-17-21-42(22-18-40)34-37-13-6-14-38-34/h1-14H,15-24H2/b30-29+. The van der Waals surface area contributed by atoms with E-state index in [9.17, 15) is 9.59 Å². The molecule has 0 spiro atoms. The molecule has 0 unspecified atom stereocenters. The monoisotopic (exact) mass is 614 g/mol. The van der Waals surface area contributed by atoms with Gasteiger partial charge in [-0.1, -0.05) is 36.4 Å². The fourth-order valence-electron chi connectivity index (χ4n) is 6.81. The molecule has 4 aromatic rings. The summed E-state index contributed by atoms with van der Waals surface area (Å²) in [7, 11) is 0. The van der Waals surface area contributed by atoms with Crippen LogP contribution in [0.1, 0.15) is 11.1 Å². The highest BCUT2D eigenvalue weighted by Gasteiger charge is 2.43. The molecule has 0 radical (unpaired) electrons. The third-order valence-electron chi connectivity index (χ3n) is 9.19. The number of nitrogens with zero attached hydrogens (tertiary/aromatic N) is 10. The Kier molecular flexibility index (Phi) is 7.35. The smallest absolute Gasteiger partial charge is 0.260 e. The predicted octanol–water partition coefficient (Wildman–Crippen LogP) is 2.43. The van der Waals surface area contributed by atoms with E-state index in [1.54, 1.807) is 24.8 Å². The molecule has 0 N–H and O–H groups in total. The molecular weight excluding hydrogens is 580 g/mol. The zero-order valence-corrected chi connectivity index (χ0v) is 25.4. The SMILES string of the molecule is O=C1/C(=C2/C(=O)N(CN3CCN(c4ncccn4)CC3)c3ccccc32)c2ccccc2N1CN1CCN(c2ncccn2)CC1. The Morgan fingerprint density at radius 1 is 0.478 bits per heavy atom. The average molecular weight is 615 g/mol. The molecule has 0 saturated carbocycles. The molecule has 2 aromatic heterocycles. The van der Waals surface area contributed by atoms with Crippen molar-refractivity contribution in [3.8, 4) is 0 Å². The van der Waals surface area contributed by atoms with Crippen LogP contribution in [-0.4, -0.2) is 107 Å². The van der Waals surface area contributed by atoms with E-state index < -0.39 is 0 Å². The molecule has 6 heterocycles. The van der Waals surface area contributed by atoms with Crippen molar-refractivity contribution in [2.24, 2.45) is 0 Å². The highest BCUT2D eigenvalue weighted by molar-refractivity contribution is 6.49. The highest BCUT2D eigenvalue weighted by atomic mass is 16.2. The van der Waals surface area contributed by atoms with E-state index in [-0.39, 0.29) is 11.8 Å². The van der Waals surface area contributed by atoms with Gasteiger partial charge in [-0.2, -0.15) is 0 Å². The zero-order valence-electron chi connectivity index (χ0n) is 25.4. The minimum atomic E-state index is -0.133. The van der Waals surface area contributed by atoms with Crippen molar-refractivity contribution in [3.63, 3.8) is 0 Å². The Balaban J connectivity index is 1.03. The summed E-state index contributed by atoms with van der Waals surface area (Å²) in [6, 6.07) is 19.3. The van der Waals surface area contributed by atoms with Crippen molar-refractivity contribution in [2.75, 3.05) is 85.3 Å². The molecule has 0 aliphatic carbocycles. The Labute approximate surface area is 267 Å². The summed E-state index contributed by atoms with van der Waals surface area (Å²) < 4.78 is 0. The summed E-state index contributed by atoms with van der Waals surface area (Å²) in [6.07, 6.45) is 7.03. The third-order valence-corrected chi connectivity index (χ3v) is 9.19. The minimum Gasteiger partial charge on any atom is -0.338 e. The molecule has 12 nitrogen and oxygen atoms in total. The van der Waals surface area contributed by atoms with Gasteiger partial charge in [0.1, 0.15) is 0 Å². The second-order valence-corrected chi connectivity index (χ2v) is 11.8. The summed E-state index contributed by atoms with van der Waals surface area (Å²) >= 11 is 0. The molecule has 0 atom stereocenters. The molecule has 12 heteroatoms. The van der Waals surface area contributed by atoms with Crippen molar-refractivity contribution >= 4 is 46.2 Å². The Morgan fingerprint density at radius 3 is 1.24 bits per heavy atom. The summed E-state index contributed by atoms with van der Waals surface area (Å²) in [5, 5.41) is 0. The number of fused-ring (bicyclic) bond motifs is 2. The highest BCUT2D eigenvalue weighted by Crippen LogP contribution is 2.46. The van der Waals surface area contributed by atoms with Crippen LogP contribution in [0.15, 0.2) is 85.5 Å². The van der Waals surface area contributed by atoms with Crippen LogP contribution in [-0.2, 0) is 9.59 Å². The fourth-order valence-corrected chi connectivity index (χ4v) is 6.81. The van der Waals surface area contributed by atoms with E-state index in [1.165, 1.54) is 0 Å². The fraction of sp³-hybridized carbons (Fsp3) is 0.294. The van der Waals surface area contributed by atoms with E-state index in [1.807, 2.05) is 70.5 Å². The van der Waals surface area contributed by atoms with Gasteiger partial charge < -0.3 is 9.80 Å². The topological polar surface area (TPSA) is 105 Å². The van der Waals surface area contributed by atoms with Gasteiger partial charge in [-0.3, -0.25) is 29.2 Å². The van der Waals surface area contributed by atoms with Gasteiger partial charge in [-0.15, -0.1) is 0 Å². The molecule has 2 amide bonds. The lowest BCUT2D eigenvalue weighted by Crippen LogP contribution is -2.51. The number of rotatable bonds is 6. The number of benzene rings is 2. The molecule has 46 heavy (non-hydrogen) atoms. The van der Waals surface area contributed by atoms with E-state index in [4.69, 9.17) is 0 Å². The minimum absolute atomic E-state index is 0.133. The van der Waals surface area contributed by atoms with Crippen LogP contribution in [0, 0.1) is 0 Å². The van der Waals surface area contributed by atoms with E-state index >= 15 is 0 Å². The van der Waals surface area contributed by atoms with Crippen molar-refractivity contribution in [2.45, 2.75) is 0 Å². The van der Waals surface area contributed by atoms with Crippen LogP contribution in [0.5, 0.6) is 0 Å². The average Bonchev–Trinajstić information content (AvgIpc) is 3.54. The maximum absolute atomic E-state index is 14.3. The van der Waals surface area contributed by atoms with Gasteiger partial charge in [0, 0.05) is 88.3 Å². The summed E-state index contributed by atoms with van der Waals surface area (Å²) in [5.41, 5.74) is 4.26. The molecule has 4 aliphatic heterocycles. The van der Waals surface area contributed by atoms with Gasteiger partial charge in [0.05, 0.1) is 35.9 Å². The first-order valence-corrected chi connectivity index (χ1v) is 15.7. The second-order valence-electron chi connectivity index (χ2n) is 11.8. The molecule has 2 saturated heterocycles. The number of anilines is 4. The second kappa shape index (κ2) is 12.0. The van der Waals surface area contributed by atoms with Crippen LogP contribution in [0.2, 0.25) is 0 Å². The summed E-state index contributed by atoms with van der Waals surface area (Å²) in [5.74, 6) is 1.19. The molecule has 2 aromatic carbocycles. The Hall–Kier alpha value is -5.20. The Morgan fingerprint density at radius 2 is 0.848 bits per heavy atom. The van der Waals surface area contributed by atoms with E-state index in [0.29, 0.717) is 24.5 Å². The number of carbonyl (C=O) groups is 2. The number of hydrogen-bond donors (Lipinski definition) is 0. The number of amides is 2. The molecule has 232 valence electrons. The van der Waals surface area contributed by atoms with E-state index in [0.717, 1.165) is 86.8 Å². The van der Waals surface area contributed by atoms with Crippen LogP contribution in [0.4, 0.5) is 23.3 Å². The van der Waals surface area contributed by atoms with Gasteiger partial charge in [0.25, 0.3) is 11.8 Å². The lowest BCUT2D eigenvalue weighted by Gasteiger charge is -2.36. The maximum Gasteiger partial charge on any atom is 0.260 e. The Bertz CT molecular complexity index is 1650. The van der Waals surface area contributed by atoms with E-state index in [2.05, 4.69) is 39.5 Å². The lowest BCUT2D eigenvalue weighted by molar-refractivity contribution is -0.115. The molecule has 0 bridgehead atoms. The van der Waals surface area contributed by atoms with Crippen molar-refractivity contribution < 1.29 is 9.59 Å². The zero-order chi connectivity index (χ0) is 31.0. The molecule has 8 rings (SSSR count). The predicted molar refractivity (Wildman–Crippen MR) is 176 cm³/mol. The van der Waals surface area contributed by atoms with Crippen LogP contribution in [0.25, 0.3) is 11.1 Å². The van der Waals surface area contributed by atoms with Crippen LogP contribution >= 0.6 is 0 Å². The first-order chi connectivity index (χ1) is 22.7. The first-order valence-electron chi connectivity index (χ1n) is 15.7. The lowest BCUT2D eigenvalue weighted by atomic mass is 9.96. The molecule has 2 fully saturated rings. The van der Waals surface area contributed by atoms with Crippen molar-refractivity contribution in [3.05, 3.63) is 96.6 Å². The first kappa shape index (κ1) is 28.3. The van der Waals surface area contributed by atoms with Gasteiger partial charge in [-0.25, -0.2) is 19.9 Å². The number of carbonyl (C=O) groups excluding carboxylic acids is 2.